The number of hydrogen-bond donors (Lipinski definition) is 2. The summed E-state index contributed by atoms with van der Waals surface area (Å²) in [6, 6.07) is 15.3. The van der Waals surface area contributed by atoms with Crippen LogP contribution >= 0.6 is 0 Å². The van der Waals surface area contributed by atoms with Gasteiger partial charge in [0.1, 0.15) is 12.1 Å². The van der Waals surface area contributed by atoms with Crippen molar-refractivity contribution in [1.29, 1.82) is 0 Å². The van der Waals surface area contributed by atoms with Crippen LogP contribution in [0.4, 0.5) is 5.69 Å². The lowest BCUT2D eigenvalue weighted by atomic mass is 10.1. The van der Waals surface area contributed by atoms with E-state index in [0.29, 0.717) is 18.7 Å². The fourth-order valence-electron chi connectivity index (χ4n) is 3.45. The zero-order valence-electron chi connectivity index (χ0n) is 16.7. The zero-order valence-corrected chi connectivity index (χ0v) is 16.7. The van der Waals surface area contributed by atoms with Crippen LogP contribution in [-0.4, -0.2) is 19.5 Å². The highest BCUT2D eigenvalue weighted by Gasteiger charge is 2.15. The van der Waals surface area contributed by atoms with Crippen molar-refractivity contribution in [2.75, 3.05) is 18.9 Å². The van der Waals surface area contributed by atoms with E-state index in [1.54, 1.807) is 0 Å². The fraction of sp³-hybridized carbons (Fsp3) is 0.304. The van der Waals surface area contributed by atoms with Crippen molar-refractivity contribution in [1.82, 2.24) is 0 Å². The predicted molar refractivity (Wildman–Crippen MR) is 112 cm³/mol. The summed E-state index contributed by atoms with van der Waals surface area (Å²) in [5.74, 6) is -0.0426. The Hall–Kier alpha value is -2.92. The number of para-hydroxylation sites is 1. The van der Waals surface area contributed by atoms with Crippen LogP contribution < -0.4 is 15.8 Å². The standard InChI is InChI=1S/C23H26N2O3/c1-4-16-10-11-19-18(13-23(27)28-21(19)12-16)14-25(3)15-22(26)24-20-9-7-6-8-17(20)5-2/h6-13H,4-5,14-15H2,1-3H3,(H,24,26)/p+1. The molecular weight excluding hydrogens is 352 g/mol. The molecule has 0 saturated carbocycles. The second-order valence-corrected chi connectivity index (χ2v) is 7.14. The van der Waals surface area contributed by atoms with E-state index >= 15 is 0 Å². The molecule has 1 unspecified atom stereocenters. The molecule has 1 atom stereocenters. The van der Waals surface area contributed by atoms with Gasteiger partial charge in [-0.3, -0.25) is 4.79 Å². The molecule has 0 spiro atoms. The second-order valence-electron chi connectivity index (χ2n) is 7.14. The van der Waals surface area contributed by atoms with Crippen LogP contribution in [0.15, 0.2) is 57.7 Å². The number of carbonyl (C=O) groups excluding carboxylic acids is 1. The average molecular weight is 379 g/mol. The Morgan fingerprint density at radius 1 is 1.04 bits per heavy atom. The summed E-state index contributed by atoms with van der Waals surface area (Å²) in [5.41, 5.74) is 4.25. The summed E-state index contributed by atoms with van der Waals surface area (Å²) in [6.07, 6.45) is 1.75. The number of carbonyl (C=O) groups is 1. The minimum absolute atomic E-state index is 0.0426. The van der Waals surface area contributed by atoms with E-state index in [-0.39, 0.29) is 11.5 Å². The number of quaternary nitrogens is 1. The van der Waals surface area contributed by atoms with Gasteiger partial charge >= 0.3 is 5.63 Å². The molecule has 2 aromatic carbocycles. The Morgan fingerprint density at radius 2 is 1.82 bits per heavy atom. The molecule has 1 amide bonds. The molecule has 0 aliphatic carbocycles. The van der Waals surface area contributed by atoms with E-state index in [2.05, 4.69) is 25.2 Å². The highest BCUT2D eigenvalue weighted by Crippen LogP contribution is 2.19. The summed E-state index contributed by atoms with van der Waals surface area (Å²) in [7, 11) is 1.95. The molecule has 3 aromatic rings. The second kappa shape index (κ2) is 8.85. The Balaban J connectivity index is 1.73. The van der Waals surface area contributed by atoms with Crippen molar-refractivity contribution >= 4 is 22.6 Å². The SMILES string of the molecule is CCc1ccc2c(C[NH+](C)CC(=O)Nc3ccccc3CC)cc(=O)oc2c1. The maximum atomic E-state index is 12.5. The van der Waals surface area contributed by atoms with Crippen molar-refractivity contribution in [2.24, 2.45) is 0 Å². The van der Waals surface area contributed by atoms with Crippen molar-refractivity contribution < 1.29 is 14.1 Å². The van der Waals surface area contributed by atoms with Gasteiger partial charge in [-0.25, -0.2) is 4.79 Å². The van der Waals surface area contributed by atoms with E-state index in [0.717, 1.165) is 45.5 Å². The predicted octanol–water partition coefficient (Wildman–Crippen LogP) is 2.57. The van der Waals surface area contributed by atoms with Gasteiger partial charge in [0.25, 0.3) is 5.91 Å². The maximum absolute atomic E-state index is 12.5. The van der Waals surface area contributed by atoms with Crippen molar-refractivity contribution in [3.63, 3.8) is 0 Å². The van der Waals surface area contributed by atoms with Crippen LogP contribution in [0.3, 0.4) is 0 Å². The van der Waals surface area contributed by atoms with Crippen LogP contribution in [0.25, 0.3) is 11.0 Å². The van der Waals surface area contributed by atoms with Crippen LogP contribution in [0.1, 0.15) is 30.5 Å². The van der Waals surface area contributed by atoms with E-state index in [9.17, 15) is 9.59 Å². The van der Waals surface area contributed by atoms with Gasteiger partial charge in [-0.1, -0.05) is 44.2 Å². The van der Waals surface area contributed by atoms with Crippen LogP contribution in [0, 0.1) is 0 Å². The number of hydrogen-bond acceptors (Lipinski definition) is 3. The summed E-state index contributed by atoms with van der Waals surface area (Å²) < 4.78 is 5.37. The molecule has 0 fully saturated rings. The highest BCUT2D eigenvalue weighted by molar-refractivity contribution is 5.92. The van der Waals surface area contributed by atoms with Gasteiger partial charge in [-0.15, -0.1) is 0 Å². The molecule has 5 nitrogen and oxygen atoms in total. The van der Waals surface area contributed by atoms with E-state index in [4.69, 9.17) is 4.42 Å². The summed E-state index contributed by atoms with van der Waals surface area (Å²) in [6.45, 7) is 5.01. The first-order valence-electron chi connectivity index (χ1n) is 9.74. The van der Waals surface area contributed by atoms with Crippen molar-refractivity contribution in [3.05, 3.63) is 75.6 Å². The molecule has 5 heteroatoms. The Kier molecular flexibility index (Phi) is 6.26. The molecule has 0 saturated heterocycles. The largest absolute Gasteiger partial charge is 0.423 e. The summed E-state index contributed by atoms with van der Waals surface area (Å²) in [4.78, 5) is 25.4. The van der Waals surface area contributed by atoms with E-state index < -0.39 is 0 Å². The topological polar surface area (TPSA) is 63.8 Å². The molecule has 28 heavy (non-hydrogen) atoms. The van der Waals surface area contributed by atoms with Gasteiger partial charge in [0.15, 0.2) is 6.54 Å². The third-order valence-corrected chi connectivity index (χ3v) is 4.93. The monoisotopic (exact) mass is 379 g/mol. The molecule has 0 bridgehead atoms. The lowest BCUT2D eigenvalue weighted by Crippen LogP contribution is -3.08. The quantitative estimate of drug-likeness (QED) is 0.620. The molecule has 0 radical (unpaired) electrons. The molecule has 0 aliphatic heterocycles. The van der Waals surface area contributed by atoms with Gasteiger partial charge in [0.2, 0.25) is 0 Å². The number of fused-ring (bicyclic) bond motifs is 1. The van der Waals surface area contributed by atoms with Gasteiger partial charge in [0.05, 0.1) is 7.05 Å². The molecule has 1 heterocycles. The lowest BCUT2D eigenvalue weighted by molar-refractivity contribution is -0.885. The van der Waals surface area contributed by atoms with Gasteiger partial charge in [0, 0.05) is 22.7 Å². The van der Waals surface area contributed by atoms with Crippen LogP contribution in [0.5, 0.6) is 0 Å². The Labute approximate surface area is 165 Å². The lowest BCUT2D eigenvalue weighted by Gasteiger charge is -2.16. The first kappa shape index (κ1) is 19.8. The van der Waals surface area contributed by atoms with Gasteiger partial charge in [-0.2, -0.15) is 0 Å². The number of likely N-dealkylation sites (N-methyl/N-ethyl adjacent to an activating group) is 1. The van der Waals surface area contributed by atoms with Gasteiger partial charge < -0.3 is 14.6 Å². The first-order valence-corrected chi connectivity index (χ1v) is 9.74. The van der Waals surface area contributed by atoms with E-state index in [1.807, 2.05) is 43.4 Å². The zero-order chi connectivity index (χ0) is 20.1. The maximum Gasteiger partial charge on any atom is 0.336 e. The van der Waals surface area contributed by atoms with Crippen molar-refractivity contribution in [3.8, 4) is 0 Å². The molecule has 0 aliphatic rings. The molecule has 3 rings (SSSR count). The first-order chi connectivity index (χ1) is 13.5. The number of nitrogens with one attached hydrogen (secondary N) is 2. The summed E-state index contributed by atoms with van der Waals surface area (Å²) in [5, 5.41) is 3.93. The minimum Gasteiger partial charge on any atom is -0.423 e. The number of anilines is 1. The van der Waals surface area contributed by atoms with Gasteiger partial charge in [-0.05, 0) is 36.1 Å². The number of aryl methyl sites for hydroxylation is 2. The molecular formula is C23H27N2O3+. The normalized spacial score (nSPS) is 12.1. The molecule has 1 aromatic heterocycles. The number of amides is 1. The Morgan fingerprint density at radius 3 is 2.57 bits per heavy atom. The van der Waals surface area contributed by atoms with E-state index in [1.165, 1.54) is 6.07 Å². The minimum atomic E-state index is -0.357. The third-order valence-electron chi connectivity index (χ3n) is 4.93. The number of rotatable bonds is 7. The van der Waals surface area contributed by atoms with Crippen LogP contribution in [0.2, 0.25) is 0 Å². The van der Waals surface area contributed by atoms with Crippen LogP contribution in [-0.2, 0) is 24.2 Å². The fourth-order valence-corrected chi connectivity index (χ4v) is 3.45. The Bertz CT molecular complexity index is 1040. The number of benzene rings is 2. The molecule has 146 valence electrons. The highest BCUT2D eigenvalue weighted by atomic mass is 16.4. The third kappa shape index (κ3) is 4.67. The average Bonchev–Trinajstić information content (AvgIpc) is 2.67. The smallest absolute Gasteiger partial charge is 0.336 e. The summed E-state index contributed by atoms with van der Waals surface area (Å²) >= 11 is 0. The van der Waals surface area contributed by atoms with Crippen molar-refractivity contribution in [2.45, 2.75) is 33.2 Å². The molecule has 2 N–H and O–H groups in total.